The third kappa shape index (κ3) is 2.93. The van der Waals surface area contributed by atoms with Crippen molar-refractivity contribution in [3.05, 3.63) is 41.9 Å². The molecule has 22 heavy (non-hydrogen) atoms. The largest absolute Gasteiger partial charge is 0.496 e. The minimum Gasteiger partial charge on any atom is -0.496 e. The van der Waals surface area contributed by atoms with Crippen LogP contribution in [0, 0.1) is 0 Å². The quantitative estimate of drug-likeness (QED) is 0.828. The predicted molar refractivity (Wildman–Crippen MR) is 87.7 cm³/mol. The van der Waals surface area contributed by atoms with Gasteiger partial charge >= 0.3 is 0 Å². The number of aryl methyl sites for hydroxylation is 1. The smallest absolute Gasteiger partial charge is 0.154 e. The molecule has 0 bridgehead atoms. The minimum atomic E-state index is 0.538. The number of aliphatic imine (C=N–C) groups is 1. The molecule has 1 aromatic heterocycles. The summed E-state index contributed by atoms with van der Waals surface area (Å²) >= 11 is 5.86. The van der Waals surface area contributed by atoms with Gasteiger partial charge < -0.3 is 9.30 Å². The molecule has 1 aromatic carbocycles. The van der Waals surface area contributed by atoms with Gasteiger partial charge in [-0.1, -0.05) is 18.2 Å². The van der Waals surface area contributed by atoms with Crippen molar-refractivity contribution in [2.75, 3.05) is 24.7 Å². The van der Waals surface area contributed by atoms with Gasteiger partial charge in [0.25, 0.3) is 0 Å². The Balaban J connectivity index is 1.77. The predicted octanol–water partition coefficient (Wildman–Crippen LogP) is 2.03. The minimum absolute atomic E-state index is 0.538. The number of anilines is 1. The summed E-state index contributed by atoms with van der Waals surface area (Å²) in [6, 6.07) is 7.95. The molecule has 0 saturated heterocycles. The van der Waals surface area contributed by atoms with Crippen molar-refractivity contribution in [2.24, 2.45) is 4.99 Å². The second-order valence-electron chi connectivity index (χ2n) is 4.86. The fourth-order valence-corrected chi connectivity index (χ4v) is 2.64. The highest BCUT2D eigenvalue weighted by Crippen LogP contribution is 2.22. The number of aromatic nitrogens is 2. The van der Waals surface area contributed by atoms with Gasteiger partial charge in [-0.05, 0) is 6.07 Å². The monoisotopic (exact) mass is 319 g/mol. The fraction of sp³-hybridized carbons (Fsp3) is 0.333. The van der Waals surface area contributed by atoms with E-state index in [-0.39, 0.29) is 0 Å². The van der Waals surface area contributed by atoms with Crippen LogP contribution in [0.1, 0.15) is 11.3 Å². The van der Waals surface area contributed by atoms with Crippen molar-refractivity contribution in [2.45, 2.75) is 13.1 Å². The number of alkyl halides is 1. The number of hydrogen-bond donors (Lipinski definition) is 1. The van der Waals surface area contributed by atoms with Crippen molar-refractivity contribution in [1.29, 1.82) is 0 Å². The standard InChI is InChI=1S/C15H18ClN5O/c1-22-14-5-3-2-4-12(14)8-19-21-10-17-9-13-15(21)20(7-6-16)11-18-13/h2-5,9,11,19H,6-8,10H2,1H3. The summed E-state index contributed by atoms with van der Waals surface area (Å²) in [5.41, 5.74) is 5.33. The number of nitrogens with one attached hydrogen (secondary N) is 1. The molecule has 1 aliphatic heterocycles. The van der Waals surface area contributed by atoms with Crippen LogP contribution in [0.2, 0.25) is 0 Å². The summed E-state index contributed by atoms with van der Waals surface area (Å²) in [4.78, 5) is 8.69. The number of para-hydroxylation sites is 1. The molecule has 2 aromatic rings. The van der Waals surface area contributed by atoms with E-state index in [2.05, 4.69) is 15.4 Å². The van der Waals surface area contributed by atoms with E-state index in [0.29, 0.717) is 25.6 Å². The maximum absolute atomic E-state index is 5.86. The summed E-state index contributed by atoms with van der Waals surface area (Å²) in [5.74, 6) is 2.40. The molecule has 0 fully saturated rings. The van der Waals surface area contributed by atoms with E-state index in [4.69, 9.17) is 16.3 Å². The Morgan fingerprint density at radius 1 is 1.36 bits per heavy atom. The molecule has 0 radical (unpaired) electrons. The molecule has 0 spiro atoms. The van der Waals surface area contributed by atoms with Gasteiger partial charge in [-0.2, -0.15) is 0 Å². The average Bonchev–Trinajstić information content (AvgIpc) is 2.97. The summed E-state index contributed by atoms with van der Waals surface area (Å²) in [6.45, 7) is 1.89. The van der Waals surface area contributed by atoms with Crippen LogP contribution in [0.5, 0.6) is 5.75 Å². The zero-order chi connectivity index (χ0) is 15.4. The number of methoxy groups -OCH3 is 1. The van der Waals surface area contributed by atoms with Gasteiger partial charge in [0, 0.05) is 24.5 Å². The van der Waals surface area contributed by atoms with Crippen LogP contribution in [0.3, 0.4) is 0 Å². The molecule has 0 atom stereocenters. The first-order valence-corrected chi connectivity index (χ1v) is 7.60. The molecule has 3 rings (SSSR count). The summed E-state index contributed by atoms with van der Waals surface area (Å²) in [5, 5.41) is 1.99. The SMILES string of the molecule is COc1ccccc1CNN1CN=Cc2ncn(CCCl)c21. The first-order valence-electron chi connectivity index (χ1n) is 7.07. The Bertz CT molecular complexity index is 670. The lowest BCUT2D eigenvalue weighted by Gasteiger charge is -2.27. The molecule has 0 amide bonds. The van der Waals surface area contributed by atoms with Gasteiger partial charge in [-0.15, -0.1) is 11.6 Å². The van der Waals surface area contributed by atoms with Gasteiger partial charge in [0.15, 0.2) is 5.82 Å². The maximum atomic E-state index is 5.86. The van der Waals surface area contributed by atoms with E-state index in [1.807, 2.05) is 33.8 Å². The zero-order valence-corrected chi connectivity index (χ0v) is 13.1. The van der Waals surface area contributed by atoms with E-state index in [9.17, 15) is 0 Å². The number of fused-ring (bicyclic) bond motifs is 1. The molecule has 0 saturated carbocycles. The highest BCUT2D eigenvalue weighted by atomic mass is 35.5. The van der Waals surface area contributed by atoms with Crippen LogP contribution in [-0.4, -0.2) is 35.4 Å². The first-order chi connectivity index (χ1) is 10.8. The number of benzene rings is 1. The summed E-state index contributed by atoms with van der Waals surface area (Å²) < 4.78 is 7.41. The molecule has 0 aliphatic carbocycles. The van der Waals surface area contributed by atoms with Crippen LogP contribution in [0.4, 0.5) is 5.82 Å². The van der Waals surface area contributed by atoms with E-state index in [1.54, 1.807) is 19.7 Å². The van der Waals surface area contributed by atoms with E-state index < -0.39 is 0 Å². The Labute approximate surface area is 134 Å². The molecular formula is C15H18ClN5O. The van der Waals surface area contributed by atoms with Gasteiger partial charge in [-0.25, -0.2) is 10.4 Å². The van der Waals surface area contributed by atoms with Crippen LogP contribution in [-0.2, 0) is 13.1 Å². The average molecular weight is 320 g/mol. The molecule has 1 N–H and O–H groups in total. The fourth-order valence-electron chi connectivity index (χ4n) is 2.46. The Morgan fingerprint density at radius 2 is 2.23 bits per heavy atom. The molecule has 1 aliphatic rings. The second-order valence-corrected chi connectivity index (χ2v) is 5.24. The van der Waals surface area contributed by atoms with Crippen molar-refractivity contribution in [3.63, 3.8) is 0 Å². The highest BCUT2D eigenvalue weighted by Gasteiger charge is 2.20. The number of halogens is 1. The Hall–Kier alpha value is -2.05. The van der Waals surface area contributed by atoms with Crippen molar-refractivity contribution >= 4 is 23.6 Å². The molecular weight excluding hydrogens is 302 g/mol. The van der Waals surface area contributed by atoms with Crippen molar-refractivity contribution in [1.82, 2.24) is 15.0 Å². The third-order valence-electron chi connectivity index (χ3n) is 3.51. The van der Waals surface area contributed by atoms with Crippen molar-refractivity contribution in [3.8, 4) is 5.75 Å². The van der Waals surface area contributed by atoms with Gasteiger partial charge in [0.2, 0.25) is 0 Å². The van der Waals surface area contributed by atoms with E-state index >= 15 is 0 Å². The molecule has 2 heterocycles. The number of imidazole rings is 1. The first kappa shape index (κ1) is 14.9. The van der Waals surface area contributed by atoms with Gasteiger partial charge in [0.05, 0.1) is 19.7 Å². The van der Waals surface area contributed by atoms with Crippen LogP contribution in [0.15, 0.2) is 35.6 Å². The van der Waals surface area contributed by atoms with E-state index in [1.165, 1.54) is 0 Å². The Morgan fingerprint density at radius 3 is 3.05 bits per heavy atom. The highest BCUT2D eigenvalue weighted by molar-refractivity contribution is 6.17. The van der Waals surface area contributed by atoms with E-state index in [0.717, 1.165) is 22.8 Å². The van der Waals surface area contributed by atoms with Crippen LogP contribution in [0.25, 0.3) is 0 Å². The zero-order valence-electron chi connectivity index (χ0n) is 12.4. The number of rotatable bonds is 6. The van der Waals surface area contributed by atoms with Gasteiger partial charge in [-0.3, -0.25) is 10.0 Å². The topological polar surface area (TPSA) is 54.7 Å². The number of nitrogens with zero attached hydrogens (tertiary/aromatic N) is 4. The number of hydrazine groups is 1. The summed E-state index contributed by atoms with van der Waals surface area (Å²) in [7, 11) is 1.68. The van der Waals surface area contributed by atoms with Crippen LogP contribution < -0.4 is 15.2 Å². The van der Waals surface area contributed by atoms with Gasteiger partial charge in [0.1, 0.15) is 18.1 Å². The molecule has 6 nitrogen and oxygen atoms in total. The normalized spacial score (nSPS) is 13.3. The van der Waals surface area contributed by atoms with Crippen LogP contribution >= 0.6 is 11.6 Å². The number of ether oxygens (including phenoxy) is 1. The molecule has 116 valence electrons. The summed E-state index contributed by atoms with van der Waals surface area (Å²) in [6.07, 6.45) is 3.59. The number of hydrogen-bond acceptors (Lipinski definition) is 5. The lowest BCUT2D eigenvalue weighted by atomic mass is 10.2. The maximum Gasteiger partial charge on any atom is 0.154 e. The Kier molecular flexibility index (Phi) is 4.60. The lowest BCUT2D eigenvalue weighted by Crippen LogP contribution is -2.41. The molecule has 7 heteroatoms. The molecule has 0 unspecified atom stereocenters. The van der Waals surface area contributed by atoms with Crippen molar-refractivity contribution < 1.29 is 4.74 Å². The third-order valence-corrected chi connectivity index (χ3v) is 3.68. The second kappa shape index (κ2) is 6.81. The lowest BCUT2D eigenvalue weighted by molar-refractivity contribution is 0.407.